The number of aliphatic hydroxyl groups is 1. The Kier molecular flexibility index (Phi) is 6.20. The molecule has 1 N–H and O–H groups in total. The summed E-state index contributed by atoms with van der Waals surface area (Å²) in [7, 11) is 0. The molecule has 2 atom stereocenters. The molecule has 2 fully saturated rings. The Morgan fingerprint density at radius 1 is 1.14 bits per heavy atom. The van der Waals surface area contributed by atoms with Gasteiger partial charge in [0.1, 0.15) is 0 Å². The number of likely N-dealkylation sites (tertiary alicyclic amines) is 1. The normalized spacial score (nSPS) is 25.1. The molecule has 2 rings (SSSR count). The highest BCUT2D eigenvalue weighted by Gasteiger charge is 2.29. The predicted molar refractivity (Wildman–Crippen MR) is 84.3 cm³/mol. The summed E-state index contributed by atoms with van der Waals surface area (Å²) < 4.78 is 0. The van der Waals surface area contributed by atoms with Crippen molar-refractivity contribution in [2.75, 3.05) is 39.3 Å². The smallest absolute Gasteiger partial charge is 0.224 e. The van der Waals surface area contributed by atoms with E-state index in [1.165, 1.54) is 0 Å². The molecule has 2 aliphatic heterocycles. The van der Waals surface area contributed by atoms with Gasteiger partial charge in [-0.25, -0.2) is 0 Å². The van der Waals surface area contributed by atoms with Crippen LogP contribution in [0.5, 0.6) is 0 Å². The van der Waals surface area contributed by atoms with Crippen LogP contribution < -0.4 is 0 Å². The summed E-state index contributed by atoms with van der Waals surface area (Å²) in [5.41, 5.74) is 0. The number of amides is 2. The molecular weight excluding hydrogens is 282 g/mol. The van der Waals surface area contributed by atoms with Gasteiger partial charge >= 0.3 is 0 Å². The fourth-order valence-electron chi connectivity index (χ4n) is 3.51. The van der Waals surface area contributed by atoms with Crippen LogP contribution in [0.3, 0.4) is 0 Å². The van der Waals surface area contributed by atoms with Crippen molar-refractivity contribution in [3.05, 3.63) is 0 Å². The molecule has 22 heavy (non-hydrogen) atoms. The molecule has 0 radical (unpaired) electrons. The van der Waals surface area contributed by atoms with Gasteiger partial charge in [0.15, 0.2) is 0 Å². The van der Waals surface area contributed by atoms with Crippen molar-refractivity contribution in [3.63, 3.8) is 0 Å². The van der Waals surface area contributed by atoms with E-state index in [2.05, 4.69) is 4.90 Å². The first-order valence-corrected chi connectivity index (χ1v) is 8.42. The van der Waals surface area contributed by atoms with Crippen molar-refractivity contribution >= 4 is 11.8 Å². The maximum atomic E-state index is 12.5. The molecule has 0 aromatic heterocycles. The SMILES string of the molecule is CC(=O)N1CCCC[C@@H]1CC(=O)N1CCN(C[C@@H](C)O)CC1. The van der Waals surface area contributed by atoms with Gasteiger partial charge in [0.05, 0.1) is 6.10 Å². The van der Waals surface area contributed by atoms with Crippen molar-refractivity contribution in [2.24, 2.45) is 0 Å². The van der Waals surface area contributed by atoms with Gasteiger partial charge < -0.3 is 14.9 Å². The second-order valence-corrected chi connectivity index (χ2v) is 6.60. The zero-order valence-corrected chi connectivity index (χ0v) is 13.8. The first-order valence-electron chi connectivity index (χ1n) is 8.42. The number of piperazine rings is 1. The van der Waals surface area contributed by atoms with Gasteiger partial charge in [0.25, 0.3) is 0 Å². The van der Waals surface area contributed by atoms with Gasteiger partial charge in [-0.1, -0.05) is 0 Å². The lowest BCUT2D eigenvalue weighted by atomic mass is 9.98. The summed E-state index contributed by atoms with van der Waals surface area (Å²) in [4.78, 5) is 30.1. The Morgan fingerprint density at radius 2 is 1.82 bits per heavy atom. The molecule has 0 aromatic rings. The van der Waals surface area contributed by atoms with E-state index in [1.54, 1.807) is 13.8 Å². The van der Waals surface area contributed by atoms with Crippen LogP contribution >= 0.6 is 0 Å². The molecule has 0 unspecified atom stereocenters. The summed E-state index contributed by atoms with van der Waals surface area (Å²) >= 11 is 0. The number of piperidine rings is 1. The van der Waals surface area contributed by atoms with E-state index in [9.17, 15) is 14.7 Å². The molecule has 0 bridgehead atoms. The number of hydrogen-bond acceptors (Lipinski definition) is 4. The number of carbonyl (C=O) groups excluding carboxylic acids is 2. The third kappa shape index (κ3) is 4.68. The molecule has 6 heteroatoms. The Labute approximate surface area is 133 Å². The average molecular weight is 311 g/mol. The monoisotopic (exact) mass is 311 g/mol. The van der Waals surface area contributed by atoms with E-state index < -0.39 is 0 Å². The van der Waals surface area contributed by atoms with Crippen LogP contribution in [0.15, 0.2) is 0 Å². The number of hydrogen-bond donors (Lipinski definition) is 1. The largest absolute Gasteiger partial charge is 0.392 e. The lowest BCUT2D eigenvalue weighted by Crippen LogP contribution is -2.52. The second-order valence-electron chi connectivity index (χ2n) is 6.60. The zero-order valence-electron chi connectivity index (χ0n) is 13.8. The number of rotatable bonds is 4. The minimum absolute atomic E-state index is 0.0780. The molecule has 0 saturated carbocycles. The van der Waals surface area contributed by atoms with E-state index in [0.717, 1.165) is 52.0 Å². The number of nitrogens with zero attached hydrogens (tertiary/aromatic N) is 3. The lowest BCUT2D eigenvalue weighted by molar-refractivity contribution is -0.138. The van der Waals surface area contributed by atoms with E-state index in [1.807, 2.05) is 9.80 Å². The molecule has 2 amide bonds. The highest BCUT2D eigenvalue weighted by atomic mass is 16.3. The summed E-state index contributed by atoms with van der Waals surface area (Å²) in [6.45, 7) is 7.92. The first kappa shape index (κ1) is 17.2. The fourth-order valence-corrected chi connectivity index (χ4v) is 3.51. The Balaban J connectivity index is 1.81. The molecule has 2 saturated heterocycles. The Morgan fingerprint density at radius 3 is 2.41 bits per heavy atom. The standard InChI is InChI=1S/C16H29N3O3/c1-13(20)12-17-7-9-18(10-8-17)16(22)11-15-5-3-4-6-19(15)14(2)21/h13,15,20H,3-12H2,1-2H3/t13-,15-/m1/s1. The molecule has 0 aromatic carbocycles. The van der Waals surface area contributed by atoms with Crippen molar-refractivity contribution in [1.29, 1.82) is 0 Å². The summed E-state index contributed by atoms with van der Waals surface area (Å²) in [5, 5.41) is 9.42. The molecule has 2 heterocycles. The third-order valence-electron chi connectivity index (χ3n) is 4.69. The van der Waals surface area contributed by atoms with E-state index >= 15 is 0 Å². The molecular formula is C16H29N3O3. The van der Waals surface area contributed by atoms with Gasteiger partial charge in [-0.2, -0.15) is 0 Å². The van der Waals surface area contributed by atoms with Crippen LogP contribution in [0.2, 0.25) is 0 Å². The van der Waals surface area contributed by atoms with Crippen molar-refractivity contribution < 1.29 is 14.7 Å². The van der Waals surface area contributed by atoms with E-state index in [0.29, 0.717) is 13.0 Å². The van der Waals surface area contributed by atoms with E-state index in [-0.39, 0.29) is 24.0 Å². The predicted octanol–water partition coefficient (Wildman–Crippen LogP) is 0.303. The van der Waals surface area contributed by atoms with E-state index in [4.69, 9.17) is 0 Å². The maximum Gasteiger partial charge on any atom is 0.224 e. The van der Waals surface area contributed by atoms with Crippen molar-refractivity contribution in [1.82, 2.24) is 14.7 Å². The van der Waals surface area contributed by atoms with Crippen LogP contribution in [0, 0.1) is 0 Å². The number of β-amino-alcohol motifs (C(OH)–C–C–N with tert-alkyl or cyclic N) is 1. The summed E-state index contributed by atoms with van der Waals surface area (Å²) in [5.74, 6) is 0.245. The maximum absolute atomic E-state index is 12.5. The lowest BCUT2D eigenvalue weighted by Gasteiger charge is -2.38. The van der Waals surface area contributed by atoms with Crippen LogP contribution in [0.4, 0.5) is 0 Å². The highest BCUT2D eigenvalue weighted by molar-refractivity contribution is 5.79. The molecule has 6 nitrogen and oxygen atoms in total. The van der Waals surface area contributed by atoms with Crippen molar-refractivity contribution in [3.8, 4) is 0 Å². The van der Waals surface area contributed by atoms with Gasteiger partial charge in [0.2, 0.25) is 11.8 Å². The zero-order chi connectivity index (χ0) is 16.1. The van der Waals surface area contributed by atoms with Crippen LogP contribution in [-0.4, -0.2) is 83.0 Å². The summed E-state index contributed by atoms with van der Waals surface area (Å²) in [6, 6.07) is 0.0780. The minimum Gasteiger partial charge on any atom is -0.392 e. The van der Waals surface area contributed by atoms with Crippen LogP contribution in [0.1, 0.15) is 39.5 Å². The van der Waals surface area contributed by atoms with Crippen LogP contribution in [0.25, 0.3) is 0 Å². The Hall–Kier alpha value is -1.14. The number of aliphatic hydroxyl groups excluding tert-OH is 1. The van der Waals surface area contributed by atoms with Gasteiger partial charge in [0, 0.05) is 58.7 Å². The molecule has 126 valence electrons. The van der Waals surface area contributed by atoms with Gasteiger partial charge in [-0.15, -0.1) is 0 Å². The minimum atomic E-state index is -0.325. The van der Waals surface area contributed by atoms with Crippen LogP contribution in [-0.2, 0) is 9.59 Å². The molecule has 0 spiro atoms. The average Bonchev–Trinajstić information content (AvgIpc) is 2.47. The number of carbonyl (C=O) groups is 2. The third-order valence-corrected chi connectivity index (χ3v) is 4.69. The molecule has 2 aliphatic rings. The van der Waals surface area contributed by atoms with Gasteiger partial charge in [-0.05, 0) is 26.2 Å². The fraction of sp³-hybridized carbons (Fsp3) is 0.875. The summed E-state index contributed by atoms with van der Waals surface area (Å²) in [6.07, 6.45) is 3.21. The quantitative estimate of drug-likeness (QED) is 0.811. The van der Waals surface area contributed by atoms with Gasteiger partial charge in [-0.3, -0.25) is 14.5 Å². The highest BCUT2D eigenvalue weighted by Crippen LogP contribution is 2.21. The molecule has 0 aliphatic carbocycles. The Bertz CT molecular complexity index is 392. The topological polar surface area (TPSA) is 64.1 Å². The second kappa shape index (κ2) is 7.92. The first-order chi connectivity index (χ1) is 10.5. The van der Waals surface area contributed by atoms with Crippen molar-refractivity contribution in [2.45, 2.75) is 51.7 Å².